The summed E-state index contributed by atoms with van der Waals surface area (Å²) in [4.78, 5) is 0. The van der Waals surface area contributed by atoms with Crippen LogP contribution in [0.4, 0.5) is 0 Å². The zero-order chi connectivity index (χ0) is 9.78. The van der Waals surface area contributed by atoms with Crippen LogP contribution in [0, 0.1) is 0 Å². The average Bonchev–Trinajstić information content (AvgIpc) is 1.97. The number of quaternary nitrogens is 1. The highest BCUT2D eigenvalue weighted by Crippen LogP contribution is 2.08. The Bertz CT molecular complexity index is 120. The summed E-state index contributed by atoms with van der Waals surface area (Å²) in [6, 6.07) is 0.108. The van der Waals surface area contributed by atoms with E-state index in [1.54, 1.807) is 0 Å². The molecule has 3 heteroatoms. The Balaban J connectivity index is 3.84. The molecule has 1 N–H and O–H groups in total. The second-order valence-corrected chi connectivity index (χ2v) is 4.12. The third-order valence-electron chi connectivity index (χ3n) is 2.13. The van der Waals surface area contributed by atoms with Gasteiger partial charge in [-0.05, 0) is 13.3 Å². The van der Waals surface area contributed by atoms with Crippen LogP contribution >= 0.6 is 0 Å². The lowest BCUT2D eigenvalue weighted by Crippen LogP contribution is -2.50. The number of likely N-dealkylation sites (N-methyl/N-ethyl adjacent to an activating group) is 1. The van der Waals surface area contributed by atoms with E-state index in [0.717, 1.165) is 6.42 Å². The number of ether oxygens (including phenoxy) is 1. The van der Waals surface area contributed by atoms with Crippen molar-refractivity contribution >= 4 is 0 Å². The van der Waals surface area contributed by atoms with Crippen LogP contribution in [0.2, 0.25) is 0 Å². The van der Waals surface area contributed by atoms with Crippen LogP contribution < -0.4 is 0 Å². The molecule has 0 bridgehead atoms. The van der Waals surface area contributed by atoms with Gasteiger partial charge in [-0.3, -0.25) is 0 Å². The fourth-order valence-corrected chi connectivity index (χ4v) is 0.760. The molecule has 2 unspecified atom stereocenters. The Labute approximate surface area is 75.5 Å². The number of aliphatic hydroxyl groups is 1. The van der Waals surface area contributed by atoms with Crippen molar-refractivity contribution in [1.82, 2.24) is 0 Å². The Hall–Kier alpha value is -0.120. The van der Waals surface area contributed by atoms with Crippen molar-refractivity contribution in [2.24, 2.45) is 0 Å². The normalized spacial score (nSPS) is 17.5. The molecule has 0 radical (unpaired) electrons. The third kappa shape index (κ3) is 4.04. The van der Waals surface area contributed by atoms with Crippen LogP contribution in [-0.4, -0.2) is 49.7 Å². The summed E-state index contributed by atoms with van der Waals surface area (Å²) in [5.41, 5.74) is 0. The van der Waals surface area contributed by atoms with E-state index in [4.69, 9.17) is 4.74 Å². The summed E-state index contributed by atoms with van der Waals surface area (Å²) in [5.74, 6) is 0. The molecule has 0 aliphatic rings. The lowest BCUT2D eigenvalue weighted by Gasteiger charge is -2.34. The summed E-state index contributed by atoms with van der Waals surface area (Å²) in [7, 11) is 6.13. The van der Waals surface area contributed by atoms with Crippen LogP contribution in [-0.2, 0) is 4.74 Å². The minimum Gasteiger partial charge on any atom is -0.363 e. The number of rotatable bonds is 5. The van der Waals surface area contributed by atoms with Gasteiger partial charge in [0.2, 0.25) is 6.29 Å². The standard InChI is InChI=1S/C9H22NO2/c1-6-7-12-9(11)8(2)10(3,4)5/h8-9,11H,6-7H2,1-5H3/q+1. The molecule has 0 spiro atoms. The molecule has 0 aromatic heterocycles. The van der Waals surface area contributed by atoms with E-state index in [9.17, 15) is 5.11 Å². The molecule has 0 aliphatic carbocycles. The van der Waals surface area contributed by atoms with E-state index in [0.29, 0.717) is 11.1 Å². The molecule has 2 atom stereocenters. The molecule has 0 aliphatic heterocycles. The second kappa shape index (κ2) is 4.80. The van der Waals surface area contributed by atoms with Gasteiger partial charge in [0.05, 0.1) is 21.1 Å². The minimum atomic E-state index is -0.648. The van der Waals surface area contributed by atoms with E-state index in [2.05, 4.69) is 0 Å². The zero-order valence-electron chi connectivity index (χ0n) is 8.87. The molecule has 0 amide bonds. The largest absolute Gasteiger partial charge is 0.363 e. The summed E-state index contributed by atoms with van der Waals surface area (Å²) < 4.78 is 5.93. The lowest BCUT2D eigenvalue weighted by atomic mass is 10.2. The minimum absolute atomic E-state index is 0.108. The molecule has 0 saturated carbocycles. The van der Waals surface area contributed by atoms with Crippen molar-refractivity contribution in [2.45, 2.75) is 32.6 Å². The Morgan fingerprint density at radius 3 is 2.17 bits per heavy atom. The first kappa shape index (κ1) is 11.9. The molecule has 0 aromatic carbocycles. The monoisotopic (exact) mass is 176 g/mol. The second-order valence-electron chi connectivity index (χ2n) is 4.12. The van der Waals surface area contributed by atoms with Gasteiger partial charge in [0.15, 0.2) is 0 Å². The Morgan fingerprint density at radius 2 is 1.83 bits per heavy atom. The predicted molar refractivity (Wildman–Crippen MR) is 49.7 cm³/mol. The highest BCUT2D eigenvalue weighted by atomic mass is 16.6. The number of nitrogens with zero attached hydrogens (tertiary/aromatic N) is 1. The Morgan fingerprint density at radius 1 is 1.33 bits per heavy atom. The lowest BCUT2D eigenvalue weighted by molar-refractivity contribution is -0.901. The van der Waals surface area contributed by atoms with Gasteiger partial charge in [0, 0.05) is 6.61 Å². The maximum atomic E-state index is 9.55. The first-order valence-electron chi connectivity index (χ1n) is 4.50. The first-order chi connectivity index (χ1) is 5.39. The van der Waals surface area contributed by atoms with E-state index in [1.807, 2.05) is 35.0 Å². The number of hydrogen-bond acceptors (Lipinski definition) is 2. The fraction of sp³-hybridized carbons (Fsp3) is 1.00. The van der Waals surface area contributed by atoms with E-state index in [1.165, 1.54) is 0 Å². The molecular formula is C9H22NO2+. The molecular weight excluding hydrogens is 154 g/mol. The van der Waals surface area contributed by atoms with Crippen molar-refractivity contribution in [3.05, 3.63) is 0 Å². The highest BCUT2D eigenvalue weighted by Gasteiger charge is 2.26. The summed E-state index contributed by atoms with van der Waals surface area (Å²) in [6.07, 6.45) is 0.297. The van der Waals surface area contributed by atoms with Gasteiger partial charge >= 0.3 is 0 Å². The maximum absolute atomic E-state index is 9.55. The molecule has 0 saturated heterocycles. The van der Waals surface area contributed by atoms with Gasteiger partial charge in [0.25, 0.3) is 0 Å². The molecule has 0 fully saturated rings. The van der Waals surface area contributed by atoms with Crippen molar-refractivity contribution in [3.8, 4) is 0 Å². The van der Waals surface area contributed by atoms with Crippen LogP contribution in [0.25, 0.3) is 0 Å². The summed E-state index contributed by atoms with van der Waals surface area (Å²) in [6.45, 7) is 4.65. The van der Waals surface area contributed by atoms with Crippen molar-refractivity contribution in [3.63, 3.8) is 0 Å². The number of hydrogen-bond donors (Lipinski definition) is 1. The van der Waals surface area contributed by atoms with Gasteiger partial charge in [-0.1, -0.05) is 6.92 Å². The van der Waals surface area contributed by atoms with Crippen LogP contribution in [0.5, 0.6) is 0 Å². The quantitative estimate of drug-likeness (QED) is 0.496. The zero-order valence-corrected chi connectivity index (χ0v) is 8.87. The van der Waals surface area contributed by atoms with Crippen LogP contribution in [0.3, 0.4) is 0 Å². The SMILES string of the molecule is CCCOC(O)C(C)[N+](C)(C)C. The highest BCUT2D eigenvalue weighted by molar-refractivity contribution is 4.52. The number of aliphatic hydroxyl groups excluding tert-OH is 1. The van der Waals surface area contributed by atoms with Gasteiger partial charge in [-0.2, -0.15) is 0 Å². The molecule has 0 heterocycles. The smallest absolute Gasteiger partial charge is 0.207 e. The average molecular weight is 176 g/mol. The topological polar surface area (TPSA) is 29.5 Å². The first-order valence-corrected chi connectivity index (χ1v) is 4.50. The molecule has 0 rings (SSSR count). The Kier molecular flexibility index (Phi) is 4.75. The van der Waals surface area contributed by atoms with Gasteiger partial charge in [-0.15, -0.1) is 0 Å². The fourth-order valence-electron chi connectivity index (χ4n) is 0.760. The van der Waals surface area contributed by atoms with Gasteiger partial charge in [-0.25, -0.2) is 0 Å². The molecule has 0 aromatic rings. The maximum Gasteiger partial charge on any atom is 0.207 e. The third-order valence-corrected chi connectivity index (χ3v) is 2.13. The van der Waals surface area contributed by atoms with Crippen molar-refractivity contribution < 1.29 is 14.3 Å². The van der Waals surface area contributed by atoms with Crippen LogP contribution in [0.15, 0.2) is 0 Å². The van der Waals surface area contributed by atoms with E-state index in [-0.39, 0.29) is 6.04 Å². The molecule has 3 nitrogen and oxygen atoms in total. The molecule has 74 valence electrons. The van der Waals surface area contributed by atoms with E-state index < -0.39 is 6.29 Å². The van der Waals surface area contributed by atoms with Crippen molar-refractivity contribution in [1.29, 1.82) is 0 Å². The van der Waals surface area contributed by atoms with Gasteiger partial charge in [0.1, 0.15) is 6.04 Å². The summed E-state index contributed by atoms with van der Waals surface area (Å²) >= 11 is 0. The van der Waals surface area contributed by atoms with Crippen molar-refractivity contribution in [2.75, 3.05) is 27.7 Å². The molecule has 12 heavy (non-hydrogen) atoms. The van der Waals surface area contributed by atoms with E-state index >= 15 is 0 Å². The van der Waals surface area contributed by atoms with Crippen LogP contribution in [0.1, 0.15) is 20.3 Å². The summed E-state index contributed by atoms with van der Waals surface area (Å²) in [5, 5.41) is 9.55. The van der Waals surface area contributed by atoms with Gasteiger partial charge < -0.3 is 14.3 Å². The predicted octanol–water partition coefficient (Wildman–Crippen LogP) is 0.826.